The van der Waals surface area contributed by atoms with E-state index in [0.29, 0.717) is 0 Å². The van der Waals surface area contributed by atoms with Crippen LogP contribution in [0.4, 0.5) is 5.69 Å². The third-order valence-electron chi connectivity index (χ3n) is 3.82. The number of carbonyl (C=O) groups excluding carboxylic acids is 1. The minimum Gasteiger partial charge on any atom is -0.385 e. The number of nitrogens with one attached hydrogen (secondary N) is 2. The summed E-state index contributed by atoms with van der Waals surface area (Å²) in [5, 5.41) is 6.38. The van der Waals surface area contributed by atoms with Gasteiger partial charge in [0, 0.05) is 24.0 Å². The summed E-state index contributed by atoms with van der Waals surface area (Å²) in [4.78, 5) is 16.8. The maximum absolute atomic E-state index is 12.5. The maximum Gasteiger partial charge on any atom is 0.252 e. The summed E-state index contributed by atoms with van der Waals surface area (Å²) in [6, 6.07) is 11.5. The van der Waals surface area contributed by atoms with Crippen LogP contribution in [0.1, 0.15) is 41.0 Å². The van der Waals surface area contributed by atoms with Crippen molar-refractivity contribution in [3.63, 3.8) is 0 Å². The van der Waals surface area contributed by atoms with Crippen molar-refractivity contribution in [3.05, 3.63) is 59.4 Å². The zero-order valence-corrected chi connectivity index (χ0v) is 12.1. The molecule has 0 spiro atoms. The molecule has 0 radical (unpaired) electrons. The van der Waals surface area contributed by atoms with Gasteiger partial charge in [-0.25, -0.2) is 0 Å². The highest BCUT2D eigenvalue weighted by Crippen LogP contribution is 2.25. The second kappa shape index (κ2) is 5.95. The van der Waals surface area contributed by atoms with E-state index in [1.165, 1.54) is 0 Å². The summed E-state index contributed by atoms with van der Waals surface area (Å²) in [6.45, 7) is 2.93. The molecule has 1 aliphatic rings. The van der Waals surface area contributed by atoms with Crippen LogP contribution < -0.4 is 10.6 Å². The average molecular weight is 281 g/mol. The number of rotatable bonds is 3. The van der Waals surface area contributed by atoms with E-state index in [0.717, 1.165) is 41.9 Å². The van der Waals surface area contributed by atoms with Gasteiger partial charge in [0.2, 0.25) is 0 Å². The summed E-state index contributed by atoms with van der Waals surface area (Å²) in [5.41, 5.74) is 3.84. The summed E-state index contributed by atoms with van der Waals surface area (Å²) in [6.07, 6.45) is 3.75. The van der Waals surface area contributed by atoms with Crippen molar-refractivity contribution >= 4 is 11.6 Å². The number of fused-ring (bicyclic) bond motifs is 1. The Balaban J connectivity index is 1.80. The van der Waals surface area contributed by atoms with Gasteiger partial charge in [0.15, 0.2) is 0 Å². The number of benzene rings is 1. The number of amides is 1. The topological polar surface area (TPSA) is 54.0 Å². The molecule has 0 saturated heterocycles. The molecule has 21 heavy (non-hydrogen) atoms. The first kappa shape index (κ1) is 13.6. The van der Waals surface area contributed by atoms with Gasteiger partial charge in [-0.1, -0.05) is 12.1 Å². The summed E-state index contributed by atoms with van der Waals surface area (Å²) >= 11 is 0. The van der Waals surface area contributed by atoms with Gasteiger partial charge < -0.3 is 10.6 Å². The second-order valence-electron chi connectivity index (χ2n) is 5.31. The molecule has 2 N–H and O–H groups in total. The minimum atomic E-state index is -0.105. The fourth-order valence-corrected chi connectivity index (χ4v) is 2.70. The highest BCUT2D eigenvalue weighted by molar-refractivity contribution is 5.97. The second-order valence-corrected chi connectivity index (χ2v) is 5.31. The van der Waals surface area contributed by atoms with Gasteiger partial charge in [0.05, 0.1) is 11.7 Å². The SMILES string of the molecule is C[C@H](NC(=O)c1cccc2c1CCCN2)c1ccccn1. The lowest BCUT2D eigenvalue weighted by Crippen LogP contribution is -2.29. The van der Waals surface area contributed by atoms with Gasteiger partial charge >= 0.3 is 0 Å². The van der Waals surface area contributed by atoms with E-state index in [2.05, 4.69) is 15.6 Å². The van der Waals surface area contributed by atoms with E-state index in [1.807, 2.05) is 43.3 Å². The molecule has 4 heteroatoms. The standard InChI is InChI=1S/C17H19N3O/c1-12(15-8-2-3-10-18-15)20-17(21)14-6-4-9-16-13(14)7-5-11-19-16/h2-4,6,8-10,12,19H,5,7,11H2,1H3,(H,20,21)/t12-/m0/s1. The molecular formula is C17H19N3O. The molecule has 0 aliphatic carbocycles. The molecule has 1 aliphatic heterocycles. The first-order valence-electron chi connectivity index (χ1n) is 7.33. The van der Waals surface area contributed by atoms with Crippen LogP contribution >= 0.6 is 0 Å². The first-order valence-corrected chi connectivity index (χ1v) is 7.33. The largest absolute Gasteiger partial charge is 0.385 e. The van der Waals surface area contributed by atoms with Gasteiger partial charge in [-0.3, -0.25) is 9.78 Å². The predicted molar refractivity (Wildman–Crippen MR) is 83.4 cm³/mol. The zero-order chi connectivity index (χ0) is 14.7. The summed E-state index contributed by atoms with van der Waals surface area (Å²) in [5.74, 6) is -0.0336. The van der Waals surface area contributed by atoms with Crippen molar-refractivity contribution in [2.45, 2.75) is 25.8 Å². The van der Waals surface area contributed by atoms with Crippen molar-refractivity contribution in [3.8, 4) is 0 Å². The Morgan fingerprint density at radius 2 is 2.19 bits per heavy atom. The molecule has 3 rings (SSSR count). The highest BCUT2D eigenvalue weighted by Gasteiger charge is 2.19. The Morgan fingerprint density at radius 1 is 1.29 bits per heavy atom. The summed E-state index contributed by atoms with van der Waals surface area (Å²) in [7, 11) is 0. The Hall–Kier alpha value is -2.36. The molecule has 4 nitrogen and oxygen atoms in total. The third kappa shape index (κ3) is 2.89. The number of hydrogen-bond acceptors (Lipinski definition) is 3. The molecule has 0 unspecified atom stereocenters. The number of nitrogens with zero attached hydrogens (tertiary/aromatic N) is 1. The number of hydrogen-bond donors (Lipinski definition) is 2. The van der Waals surface area contributed by atoms with E-state index in [4.69, 9.17) is 0 Å². The van der Waals surface area contributed by atoms with Crippen LogP contribution in [-0.2, 0) is 6.42 Å². The number of carbonyl (C=O) groups is 1. The van der Waals surface area contributed by atoms with Crippen LogP contribution in [0.3, 0.4) is 0 Å². The molecule has 1 aromatic carbocycles. The average Bonchev–Trinajstić information content (AvgIpc) is 2.55. The van der Waals surface area contributed by atoms with Gasteiger partial charge in [-0.2, -0.15) is 0 Å². The quantitative estimate of drug-likeness (QED) is 0.909. The van der Waals surface area contributed by atoms with Gasteiger partial charge in [-0.15, -0.1) is 0 Å². The molecule has 0 fully saturated rings. The van der Waals surface area contributed by atoms with Crippen molar-refractivity contribution < 1.29 is 4.79 Å². The number of aromatic nitrogens is 1. The minimum absolute atomic E-state index is 0.0336. The fraction of sp³-hybridized carbons (Fsp3) is 0.294. The van der Waals surface area contributed by atoms with Gasteiger partial charge in [-0.05, 0) is 49.6 Å². The normalized spacial score (nSPS) is 14.7. The van der Waals surface area contributed by atoms with E-state index >= 15 is 0 Å². The maximum atomic E-state index is 12.5. The lowest BCUT2D eigenvalue weighted by atomic mass is 9.97. The number of pyridine rings is 1. The molecule has 2 aromatic rings. The Labute approximate surface area is 124 Å². The van der Waals surface area contributed by atoms with E-state index in [9.17, 15) is 4.79 Å². The van der Waals surface area contributed by atoms with Crippen LogP contribution in [0.15, 0.2) is 42.6 Å². The Bertz CT molecular complexity index is 640. The van der Waals surface area contributed by atoms with Crippen molar-refractivity contribution in [1.29, 1.82) is 0 Å². The van der Waals surface area contributed by atoms with Crippen LogP contribution in [0, 0.1) is 0 Å². The van der Waals surface area contributed by atoms with Gasteiger partial charge in [0.25, 0.3) is 5.91 Å². The van der Waals surface area contributed by atoms with E-state index < -0.39 is 0 Å². The molecule has 1 amide bonds. The van der Waals surface area contributed by atoms with E-state index in [-0.39, 0.29) is 11.9 Å². The number of anilines is 1. The molecule has 0 bridgehead atoms. The molecule has 1 atom stereocenters. The Morgan fingerprint density at radius 3 is 3.00 bits per heavy atom. The van der Waals surface area contributed by atoms with Crippen LogP contribution in [0.2, 0.25) is 0 Å². The van der Waals surface area contributed by atoms with E-state index in [1.54, 1.807) is 6.20 Å². The lowest BCUT2D eigenvalue weighted by Gasteiger charge is -2.21. The van der Waals surface area contributed by atoms with Crippen LogP contribution in [0.5, 0.6) is 0 Å². The van der Waals surface area contributed by atoms with Crippen LogP contribution in [-0.4, -0.2) is 17.4 Å². The molecule has 1 aromatic heterocycles. The first-order chi connectivity index (χ1) is 10.3. The lowest BCUT2D eigenvalue weighted by molar-refractivity contribution is 0.0938. The van der Waals surface area contributed by atoms with Crippen molar-refractivity contribution in [1.82, 2.24) is 10.3 Å². The molecule has 0 saturated carbocycles. The zero-order valence-electron chi connectivity index (χ0n) is 12.1. The monoisotopic (exact) mass is 281 g/mol. The smallest absolute Gasteiger partial charge is 0.252 e. The Kier molecular flexibility index (Phi) is 3.86. The fourth-order valence-electron chi connectivity index (χ4n) is 2.70. The molecule has 108 valence electrons. The van der Waals surface area contributed by atoms with Crippen molar-refractivity contribution in [2.24, 2.45) is 0 Å². The molecular weight excluding hydrogens is 262 g/mol. The predicted octanol–water partition coefficient (Wildman–Crippen LogP) is 2.93. The third-order valence-corrected chi connectivity index (χ3v) is 3.82. The van der Waals surface area contributed by atoms with Crippen molar-refractivity contribution in [2.75, 3.05) is 11.9 Å². The molecule has 2 heterocycles. The van der Waals surface area contributed by atoms with Gasteiger partial charge in [0.1, 0.15) is 0 Å². The summed E-state index contributed by atoms with van der Waals surface area (Å²) < 4.78 is 0. The highest BCUT2D eigenvalue weighted by atomic mass is 16.1. The van der Waals surface area contributed by atoms with Crippen LogP contribution in [0.25, 0.3) is 0 Å².